The molecule has 0 aliphatic heterocycles. The summed E-state index contributed by atoms with van der Waals surface area (Å²) in [5.41, 5.74) is 8.49. The fraction of sp³-hybridized carbons (Fsp3) is 0.667. The molecule has 2 nitrogen and oxygen atoms in total. The van der Waals surface area contributed by atoms with Crippen LogP contribution in [0.3, 0.4) is 0 Å². The monoisotopic (exact) mass is 309 g/mol. The Hall–Kier alpha value is -0.730. The van der Waals surface area contributed by atoms with Gasteiger partial charge in [0.05, 0.1) is 11.6 Å². The zero-order valence-corrected chi connectivity index (χ0v) is 14.5. The Balaban J connectivity index is 2.29. The molecule has 0 bridgehead atoms. The van der Waals surface area contributed by atoms with Crippen molar-refractivity contribution in [2.24, 2.45) is 11.7 Å². The van der Waals surface area contributed by atoms with Gasteiger partial charge in [-0.05, 0) is 48.6 Å². The third kappa shape index (κ3) is 4.62. The maximum absolute atomic E-state index is 6.51. The van der Waals surface area contributed by atoms with Crippen molar-refractivity contribution in [2.75, 3.05) is 6.61 Å². The van der Waals surface area contributed by atoms with Crippen molar-refractivity contribution in [1.29, 1.82) is 0 Å². The average molecular weight is 310 g/mol. The van der Waals surface area contributed by atoms with E-state index in [-0.39, 0.29) is 11.5 Å². The summed E-state index contributed by atoms with van der Waals surface area (Å²) in [7, 11) is 0. The molecule has 2 N–H and O–H groups in total. The van der Waals surface area contributed by atoms with Crippen molar-refractivity contribution in [1.82, 2.24) is 0 Å². The first-order valence-corrected chi connectivity index (χ1v) is 8.40. The molecule has 2 rings (SSSR count). The van der Waals surface area contributed by atoms with Crippen molar-refractivity contribution < 1.29 is 4.74 Å². The smallest absolute Gasteiger partial charge is 0.141 e. The Morgan fingerprint density at radius 1 is 1.33 bits per heavy atom. The predicted octanol–water partition coefficient (Wildman–Crippen LogP) is 4.71. The van der Waals surface area contributed by atoms with Crippen LogP contribution in [0.4, 0.5) is 0 Å². The van der Waals surface area contributed by atoms with Crippen LogP contribution in [0.5, 0.6) is 5.75 Å². The van der Waals surface area contributed by atoms with Gasteiger partial charge in [0.25, 0.3) is 0 Å². The van der Waals surface area contributed by atoms with Gasteiger partial charge in [0.2, 0.25) is 0 Å². The quantitative estimate of drug-likeness (QED) is 0.826. The number of nitrogens with two attached hydrogens (primary N) is 1. The molecular weight excluding hydrogens is 282 g/mol. The second-order valence-electron chi connectivity index (χ2n) is 7.33. The number of halogens is 1. The Kier molecular flexibility index (Phi) is 5.21. The molecule has 1 aliphatic carbocycles. The van der Waals surface area contributed by atoms with Crippen LogP contribution >= 0.6 is 11.6 Å². The van der Waals surface area contributed by atoms with Crippen molar-refractivity contribution in [3.8, 4) is 5.75 Å². The highest BCUT2D eigenvalue weighted by molar-refractivity contribution is 6.32. The minimum absolute atomic E-state index is 0.00877. The summed E-state index contributed by atoms with van der Waals surface area (Å²) >= 11 is 6.51. The van der Waals surface area contributed by atoms with Gasteiger partial charge in [-0.25, -0.2) is 0 Å². The molecule has 0 spiro atoms. The Labute approximate surface area is 134 Å². The third-order valence-corrected chi connectivity index (χ3v) is 4.37. The molecule has 0 amide bonds. The normalized spacial score (nSPS) is 16.9. The zero-order chi connectivity index (χ0) is 15.6. The van der Waals surface area contributed by atoms with Crippen molar-refractivity contribution in [3.63, 3.8) is 0 Å². The van der Waals surface area contributed by atoms with E-state index >= 15 is 0 Å². The van der Waals surface area contributed by atoms with E-state index in [1.165, 1.54) is 24.0 Å². The van der Waals surface area contributed by atoms with E-state index in [1.807, 2.05) is 6.07 Å². The molecule has 0 saturated heterocycles. The fourth-order valence-corrected chi connectivity index (χ4v) is 2.70. The van der Waals surface area contributed by atoms with Gasteiger partial charge in [0.1, 0.15) is 5.75 Å². The number of hydrogen-bond acceptors (Lipinski definition) is 2. The molecule has 1 aliphatic rings. The van der Waals surface area contributed by atoms with Gasteiger partial charge >= 0.3 is 0 Å². The maximum atomic E-state index is 6.51. The van der Waals surface area contributed by atoms with E-state index < -0.39 is 0 Å². The maximum Gasteiger partial charge on any atom is 0.141 e. The standard InChI is InChI=1S/C18H28ClNO/c1-5-14(20)8-13-9-15(18(2,3)4)17(16(19)10-13)21-11-12-6-7-12/h9-10,12,14H,5-8,11,20H2,1-4H3. The van der Waals surface area contributed by atoms with E-state index in [4.69, 9.17) is 22.1 Å². The van der Waals surface area contributed by atoms with E-state index in [9.17, 15) is 0 Å². The first kappa shape index (κ1) is 16.6. The molecular formula is C18H28ClNO. The lowest BCUT2D eigenvalue weighted by Gasteiger charge is -2.25. The predicted molar refractivity (Wildman–Crippen MR) is 90.3 cm³/mol. The molecule has 0 aromatic heterocycles. The third-order valence-electron chi connectivity index (χ3n) is 4.09. The topological polar surface area (TPSA) is 35.2 Å². The van der Waals surface area contributed by atoms with Gasteiger partial charge in [0.15, 0.2) is 0 Å². The molecule has 0 radical (unpaired) electrons. The number of rotatable bonds is 6. The average Bonchev–Trinajstić information content (AvgIpc) is 3.19. The van der Waals surface area contributed by atoms with E-state index in [2.05, 4.69) is 33.8 Å². The highest BCUT2D eigenvalue weighted by Gasteiger charge is 2.26. The first-order valence-electron chi connectivity index (χ1n) is 8.02. The molecule has 1 aromatic carbocycles. The molecule has 1 saturated carbocycles. The van der Waals surface area contributed by atoms with Gasteiger partial charge in [-0.1, -0.05) is 45.4 Å². The van der Waals surface area contributed by atoms with Gasteiger partial charge < -0.3 is 10.5 Å². The van der Waals surface area contributed by atoms with Gasteiger partial charge in [-0.3, -0.25) is 0 Å². The van der Waals surface area contributed by atoms with Crippen LogP contribution in [-0.4, -0.2) is 12.6 Å². The molecule has 3 heteroatoms. The summed E-state index contributed by atoms with van der Waals surface area (Å²) in [6.45, 7) is 9.51. The number of hydrogen-bond donors (Lipinski definition) is 1. The Bertz CT molecular complexity index is 489. The summed E-state index contributed by atoms with van der Waals surface area (Å²) in [6, 6.07) is 4.44. The molecule has 21 heavy (non-hydrogen) atoms. The van der Waals surface area contributed by atoms with Crippen LogP contribution in [-0.2, 0) is 11.8 Å². The highest BCUT2D eigenvalue weighted by atomic mass is 35.5. The van der Waals surface area contributed by atoms with Crippen molar-refractivity contribution in [2.45, 2.75) is 64.8 Å². The molecule has 1 aromatic rings. The van der Waals surface area contributed by atoms with E-state index in [1.54, 1.807) is 0 Å². The van der Waals surface area contributed by atoms with E-state index in [0.717, 1.165) is 36.1 Å². The summed E-state index contributed by atoms with van der Waals surface area (Å²) in [5, 5.41) is 0.723. The molecule has 1 unspecified atom stereocenters. The molecule has 118 valence electrons. The molecule has 1 atom stereocenters. The lowest BCUT2D eigenvalue weighted by atomic mass is 9.84. The van der Waals surface area contributed by atoms with Gasteiger partial charge in [-0.15, -0.1) is 0 Å². The minimum Gasteiger partial charge on any atom is -0.491 e. The fourth-order valence-electron chi connectivity index (χ4n) is 2.40. The summed E-state index contributed by atoms with van der Waals surface area (Å²) in [4.78, 5) is 0. The van der Waals surface area contributed by atoms with Crippen LogP contribution in [0.2, 0.25) is 5.02 Å². The second kappa shape index (κ2) is 6.58. The van der Waals surface area contributed by atoms with Gasteiger partial charge in [-0.2, -0.15) is 0 Å². The van der Waals surface area contributed by atoms with Crippen molar-refractivity contribution >= 4 is 11.6 Å². The summed E-state index contributed by atoms with van der Waals surface area (Å²) in [5.74, 6) is 1.59. The molecule has 1 fully saturated rings. The van der Waals surface area contributed by atoms with E-state index in [0.29, 0.717) is 0 Å². The first-order chi connectivity index (χ1) is 9.81. The van der Waals surface area contributed by atoms with Gasteiger partial charge in [0, 0.05) is 11.6 Å². The van der Waals surface area contributed by atoms with Crippen LogP contribution in [0.1, 0.15) is 58.1 Å². The van der Waals surface area contributed by atoms with Crippen LogP contribution in [0, 0.1) is 5.92 Å². The zero-order valence-electron chi connectivity index (χ0n) is 13.7. The minimum atomic E-state index is 0.00877. The second-order valence-corrected chi connectivity index (χ2v) is 7.74. The number of ether oxygens (including phenoxy) is 1. The lowest BCUT2D eigenvalue weighted by Crippen LogP contribution is -2.22. The lowest BCUT2D eigenvalue weighted by molar-refractivity contribution is 0.292. The summed E-state index contributed by atoms with van der Waals surface area (Å²) < 4.78 is 6.04. The SMILES string of the molecule is CCC(N)Cc1cc(Cl)c(OCC2CC2)c(C(C)(C)C)c1. The van der Waals surface area contributed by atoms with Crippen LogP contribution < -0.4 is 10.5 Å². The van der Waals surface area contributed by atoms with Crippen LogP contribution in [0.25, 0.3) is 0 Å². The number of benzene rings is 1. The highest BCUT2D eigenvalue weighted by Crippen LogP contribution is 2.40. The summed E-state index contributed by atoms with van der Waals surface area (Å²) in [6.07, 6.45) is 4.41. The van der Waals surface area contributed by atoms with Crippen molar-refractivity contribution in [3.05, 3.63) is 28.3 Å². The Morgan fingerprint density at radius 3 is 2.52 bits per heavy atom. The molecule has 0 heterocycles. The largest absolute Gasteiger partial charge is 0.491 e. The van der Waals surface area contributed by atoms with Crippen LogP contribution in [0.15, 0.2) is 12.1 Å². The Morgan fingerprint density at radius 2 is 2.00 bits per heavy atom.